The number of amidine groups is 1. The Morgan fingerprint density at radius 3 is 2.37 bits per heavy atom. The lowest BCUT2D eigenvalue weighted by Crippen LogP contribution is -2.50. The van der Waals surface area contributed by atoms with E-state index in [9.17, 15) is 9.59 Å². The van der Waals surface area contributed by atoms with E-state index in [-0.39, 0.29) is 23.7 Å². The topological polar surface area (TPSA) is 108 Å². The predicted molar refractivity (Wildman–Crippen MR) is 68.5 cm³/mol. The molecule has 1 aliphatic heterocycles. The van der Waals surface area contributed by atoms with Crippen LogP contribution >= 0.6 is 0 Å². The third-order valence-corrected chi connectivity index (χ3v) is 3.95. The molecule has 0 spiro atoms. The molecule has 0 radical (unpaired) electrons. The highest BCUT2D eigenvalue weighted by Gasteiger charge is 2.56. The number of piperidine rings is 1. The Labute approximate surface area is 111 Å². The van der Waals surface area contributed by atoms with E-state index in [4.69, 9.17) is 10.9 Å². The van der Waals surface area contributed by atoms with Crippen molar-refractivity contribution < 1.29 is 14.8 Å². The van der Waals surface area contributed by atoms with Crippen LogP contribution in [0, 0.1) is 5.41 Å². The molecule has 2 rings (SSSR count). The van der Waals surface area contributed by atoms with Crippen molar-refractivity contribution in [1.82, 2.24) is 10.2 Å². The van der Waals surface area contributed by atoms with Crippen molar-refractivity contribution in [3.05, 3.63) is 0 Å². The Hall–Kier alpha value is -1.79. The van der Waals surface area contributed by atoms with Crippen LogP contribution in [0.15, 0.2) is 5.16 Å². The van der Waals surface area contributed by atoms with E-state index < -0.39 is 5.41 Å². The molecular weight excluding hydrogens is 248 g/mol. The molecular formula is C12H20N4O3. The summed E-state index contributed by atoms with van der Waals surface area (Å²) in [6.45, 7) is 2.70. The van der Waals surface area contributed by atoms with Gasteiger partial charge in [0.2, 0.25) is 11.8 Å². The minimum Gasteiger partial charge on any atom is -0.409 e. The monoisotopic (exact) mass is 268 g/mol. The highest BCUT2D eigenvalue weighted by molar-refractivity contribution is 6.09. The van der Waals surface area contributed by atoms with Crippen LogP contribution in [-0.4, -0.2) is 46.9 Å². The Morgan fingerprint density at radius 2 is 1.95 bits per heavy atom. The number of amides is 2. The molecule has 0 bridgehead atoms. The second-order valence-electron chi connectivity index (χ2n) is 5.33. The van der Waals surface area contributed by atoms with E-state index in [0.29, 0.717) is 25.9 Å². The summed E-state index contributed by atoms with van der Waals surface area (Å²) in [5, 5.41) is 14.6. The van der Waals surface area contributed by atoms with Crippen LogP contribution in [0.4, 0.5) is 0 Å². The van der Waals surface area contributed by atoms with Gasteiger partial charge in [0.1, 0.15) is 5.41 Å². The maximum Gasteiger partial charge on any atom is 0.236 e. The van der Waals surface area contributed by atoms with Gasteiger partial charge in [-0.25, -0.2) is 0 Å². The molecule has 106 valence electrons. The summed E-state index contributed by atoms with van der Waals surface area (Å²) in [5.41, 5.74) is 4.84. The van der Waals surface area contributed by atoms with Crippen molar-refractivity contribution in [1.29, 1.82) is 0 Å². The largest absolute Gasteiger partial charge is 0.409 e. The summed E-state index contributed by atoms with van der Waals surface area (Å²) in [5.74, 6) is -0.0781. The maximum atomic E-state index is 12.4. The zero-order valence-corrected chi connectivity index (χ0v) is 11.1. The van der Waals surface area contributed by atoms with Crippen molar-refractivity contribution in [3.8, 4) is 0 Å². The van der Waals surface area contributed by atoms with Crippen LogP contribution in [0.5, 0.6) is 0 Å². The second-order valence-corrected chi connectivity index (χ2v) is 5.33. The molecule has 1 saturated carbocycles. The van der Waals surface area contributed by atoms with Gasteiger partial charge in [0, 0.05) is 26.1 Å². The number of carbonyl (C=O) groups is 2. The van der Waals surface area contributed by atoms with E-state index in [2.05, 4.69) is 10.5 Å². The van der Waals surface area contributed by atoms with Gasteiger partial charge < -0.3 is 21.2 Å². The Morgan fingerprint density at radius 1 is 1.37 bits per heavy atom. The number of nitrogens with two attached hydrogens (primary N) is 1. The normalized spacial score (nSPS) is 23.0. The minimum absolute atomic E-state index is 0.0153. The maximum absolute atomic E-state index is 12.4. The van der Waals surface area contributed by atoms with E-state index >= 15 is 0 Å². The quantitative estimate of drug-likeness (QED) is 0.281. The predicted octanol–water partition coefficient (Wildman–Crippen LogP) is -0.360. The first-order valence-electron chi connectivity index (χ1n) is 6.54. The highest BCUT2D eigenvalue weighted by Crippen LogP contribution is 2.47. The number of oxime groups is 1. The average molecular weight is 268 g/mol. The lowest BCUT2D eigenvalue weighted by molar-refractivity contribution is -0.135. The molecule has 0 aromatic rings. The van der Waals surface area contributed by atoms with E-state index in [1.54, 1.807) is 4.90 Å². The molecule has 2 amide bonds. The zero-order chi connectivity index (χ0) is 14.0. The summed E-state index contributed by atoms with van der Waals surface area (Å²) in [4.78, 5) is 25.1. The SMILES string of the molecule is CC(=O)NC1CCN(C(=O)C2(C(N)=NO)CC2)CC1. The molecule has 1 heterocycles. The molecule has 1 aliphatic carbocycles. The highest BCUT2D eigenvalue weighted by atomic mass is 16.4. The first-order chi connectivity index (χ1) is 8.99. The Bertz CT molecular complexity index is 409. The molecule has 2 fully saturated rings. The number of hydrogen-bond acceptors (Lipinski definition) is 4. The molecule has 1 saturated heterocycles. The number of nitrogens with zero attached hydrogens (tertiary/aromatic N) is 2. The van der Waals surface area contributed by atoms with Crippen LogP contribution in [0.25, 0.3) is 0 Å². The van der Waals surface area contributed by atoms with Gasteiger partial charge in [-0.1, -0.05) is 5.16 Å². The second kappa shape index (κ2) is 5.07. The molecule has 0 aromatic heterocycles. The summed E-state index contributed by atoms with van der Waals surface area (Å²) < 4.78 is 0. The van der Waals surface area contributed by atoms with Crippen LogP contribution in [-0.2, 0) is 9.59 Å². The Kier molecular flexibility index (Phi) is 3.64. The fraction of sp³-hybridized carbons (Fsp3) is 0.750. The summed E-state index contributed by atoms with van der Waals surface area (Å²) in [6, 6.07) is 0.139. The van der Waals surface area contributed by atoms with Crippen LogP contribution < -0.4 is 11.1 Å². The van der Waals surface area contributed by atoms with Crippen LogP contribution in [0.2, 0.25) is 0 Å². The van der Waals surface area contributed by atoms with Gasteiger partial charge in [0.25, 0.3) is 0 Å². The summed E-state index contributed by atoms with van der Waals surface area (Å²) in [6.07, 6.45) is 2.79. The molecule has 7 heteroatoms. The lowest BCUT2D eigenvalue weighted by atomic mass is 9.99. The van der Waals surface area contributed by atoms with E-state index in [0.717, 1.165) is 12.8 Å². The van der Waals surface area contributed by atoms with Gasteiger partial charge in [0.05, 0.1) is 0 Å². The van der Waals surface area contributed by atoms with Crippen molar-refractivity contribution in [3.63, 3.8) is 0 Å². The van der Waals surface area contributed by atoms with Gasteiger partial charge in [-0.2, -0.15) is 0 Å². The number of rotatable bonds is 3. The fourth-order valence-corrected chi connectivity index (χ4v) is 2.62. The van der Waals surface area contributed by atoms with Crippen molar-refractivity contribution in [2.24, 2.45) is 16.3 Å². The molecule has 4 N–H and O–H groups in total. The standard InChI is InChI=1S/C12H20N4O3/c1-8(17)14-9-2-6-16(7-3-9)11(18)12(4-5-12)10(13)15-19/h9,19H,2-7H2,1H3,(H2,13,15)(H,14,17). The first-order valence-corrected chi connectivity index (χ1v) is 6.54. The van der Waals surface area contributed by atoms with Crippen molar-refractivity contribution in [2.45, 2.75) is 38.6 Å². The number of carbonyl (C=O) groups excluding carboxylic acids is 2. The first kappa shape index (κ1) is 13.6. The third kappa shape index (κ3) is 2.64. The van der Waals surface area contributed by atoms with Gasteiger partial charge in [-0.3, -0.25) is 9.59 Å². The molecule has 7 nitrogen and oxygen atoms in total. The van der Waals surface area contributed by atoms with Crippen molar-refractivity contribution in [2.75, 3.05) is 13.1 Å². The molecule has 19 heavy (non-hydrogen) atoms. The molecule has 0 atom stereocenters. The Balaban J connectivity index is 1.92. The van der Waals surface area contributed by atoms with Crippen LogP contribution in [0.1, 0.15) is 32.6 Å². The van der Waals surface area contributed by atoms with Gasteiger partial charge in [0.15, 0.2) is 5.84 Å². The van der Waals surface area contributed by atoms with E-state index in [1.807, 2.05) is 0 Å². The van der Waals surface area contributed by atoms with Crippen LogP contribution in [0.3, 0.4) is 0 Å². The summed E-state index contributed by atoms with van der Waals surface area (Å²) in [7, 11) is 0. The minimum atomic E-state index is -0.768. The van der Waals surface area contributed by atoms with Gasteiger partial charge in [-0.05, 0) is 25.7 Å². The average Bonchev–Trinajstić information content (AvgIpc) is 3.18. The fourth-order valence-electron chi connectivity index (χ4n) is 2.62. The number of nitrogens with one attached hydrogen (secondary N) is 1. The van der Waals surface area contributed by atoms with Gasteiger partial charge >= 0.3 is 0 Å². The molecule has 2 aliphatic rings. The number of likely N-dealkylation sites (tertiary alicyclic amines) is 1. The lowest BCUT2D eigenvalue weighted by Gasteiger charge is -2.34. The van der Waals surface area contributed by atoms with Gasteiger partial charge in [-0.15, -0.1) is 0 Å². The van der Waals surface area contributed by atoms with Crippen molar-refractivity contribution >= 4 is 17.6 Å². The zero-order valence-electron chi connectivity index (χ0n) is 11.1. The summed E-state index contributed by atoms with van der Waals surface area (Å²) >= 11 is 0. The van der Waals surface area contributed by atoms with E-state index in [1.165, 1.54) is 6.92 Å². The molecule has 0 aromatic carbocycles. The number of hydrogen-bond donors (Lipinski definition) is 3. The third-order valence-electron chi connectivity index (χ3n) is 3.95. The molecule has 0 unspecified atom stereocenters. The smallest absolute Gasteiger partial charge is 0.236 e.